The van der Waals surface area contributed by atoms with Gasteiger partial charge in [-0.1, -0.05) is 12.1 Å². The Morgan fingerprint density at radius 3 is 2.05 bits per heavy atom. The fraction of sp³-hybridized carbons (Fsp3) is 0.0667. The van der Waals surface area contributed by atoms with E-state index in [0.717, 1.165) is 5.56 Å². The Balaban J connectivity index is 2.05. The van der Waals surface area contributed by atoms with Crippen molar-refractivity contribution in [1.82, 2.24) is 0 Å². The molecule has 0 aliphatic rings. The SMILES string of the molecule is O=C([O-])c1ccc(C(=O)OCc2cc(I)c(O)c(I)c2)cc1. The monoisotopic (exact) mass is 523 g/mol. The molecule has 0 spiro atoms. The van der Waals surface area contributed by atoms with E-state index < -0.39 is 11.9 Å². The normalized spacial score (nSPS) is 10.3. The Kier molecular flexibility index (Phi) is 5.62. The van der Waals surface area contributed by atoms with E-state index in [1.807, 2.05) is 45.2 Å². The molecule has 0 fully saturated rings. The van der Waals surface area contributed by atoms with E-state index in [-0.39, 0.29) is 23.5 Å². The summed E-state index contributed by atoms with van der Waals surface area (Å²) >= 11 is 3.99. The summed E-state index contributed by atoms with van der Waals surface area (Å²) in [4.78, 5) is 22.5. The number of phenols is 1. The van der Waals surface area contributed by atoms with Gasteiger partial charge in [-0.15, -0.1) is 0 Å². The maximum Gasteiger partial charge on any atom is 0.338 e. The number of ether oxygens (including phenoxy) is 1. The Labute approximate surface area is 153 Å². The van der Waals surface area contributed by atoms with Gasteiger partial charge in [-0.3, -0.25) is 0 Å². The van der Waals surface area contributed by atoms with Gasteiger partial charge in [0, 0.05) is 0 Å². The molecule has 114 valence electrons. The molecule has 0 bridgehead atoms. The van der Waals surface area contributed by atoms with Gasteiger partial charge in [-0.25, -0.2) is 4.79 Å². The van der Waals surface area contributed by atoms with Crippen LogP contribution in [0.4, 0.5) is 0 Å². The Morgan fingerprint density at radius 1 is 1.05 bits per heavy atom. The predicted molar refractivity (Wildman–Crippen MR) is 93.4 cm³/mol. The minimum Gasteiger partial charge on any atom is -0.545 e. The highest BCUT2D eigenvalue weighted by molar-refractivity contribution is 14.1. The summed E-state index contributed by atoms with van der Waals surface area (Å²) in [6, 6.07) is 8.78. The standard InChI is InChI=1S/C15H10I2O5/c16-11-5-8(6-12(17)13(11)18)7-22-15(21)10-3-1-9(2-4-10)14(19)20/h1-6,18H,7H2,(H,19,20)/p-1. The molecule has 0 aliphatic carbocycles. The van der Waals surface area contributed by atoms with E-state index in [0.29, 0.717) is 7.14 Å². The number of halogens is 2. The number of hydrogen-bond acceptors (Lipinski definition) is 5. The molecular weight excluding hydrogens is 514 g/mol. The second kappa shape index (κ2) is 7.27. The zero-order chi connectivity index (χ0) is 16.3. The first-order chi connectivity index (χ1) is 10.4. The largest absolute Gasteiger partial charge is 0.545 e. The topological polar surface area (TPSA) is 86.7 Å². The van der Waals surface area contributed by atoms with Crippen molar-refractivity contribution < 1.29 is 24.5 Å². The molecule has 0 aromatic heterocycles. The van der Waals surface area contributed by atoms with E-state index >= 15 is 0 Å². The average molecular weight is 523 g/mol. The number of aromatic carboxylic acids is 1. The highest BCUT2D eigenvalue weighted by atomic mass is 127. The summed E-state index contributed by atoms with van der Waals surface area (Å²) in [5.41, 5.74) is 1.01. The third-order valence-corrected chi connectivity index (χ3v) is 4.45. The van der Waals surface area contributed by atoms with Crippen LogP contribution in [-0.4, -0.2) is 17.0 Å². The van der Waals surface area contributed by atoms with Crippen LogP contribution < -0.4 is 5.11 Å². The summed E-state index contributed by atoms with van der Waals surface area (Å²) in [5.74, 6) is -1.65. The minimum absolute atomic E-state index is 0.000748. The fourth-order valence-corrected chi connectivity index (χ4v) is 3.57. The number of hydrogen-bond donors (Lipinski definition) is 1. The first-order valence-electron chi connectivity index (χ1n) is 6.04. The van der Waals surface area contributed by atoms with E-state index in [4.69, 9.17) is 4.74 Å². The molecule has 0 heterocycles. The summed E-state index contributed by atoms with van der Waals surface area (Å²) < 4.78 is 6.52. The first kappa shape index (κ1) is 17.0. The van der Waals surface area contributed by atoms with Gasteiger partial charge in [-0.2, -0.15) is 0 Å². The van der Waals surface area contributed by atoms with Crippen LogP contribution >= 0.6 is 45.2 Å². The molecule has 0 atom stereocenters. The second-order valence-electron chi connectivity index (χ2n) is 4.35. The molecule has 0 saturated heterocycles. The van der Waals surface area contributed by atoms with Crippen LogP contribution in [0.15, 0.2) is 36.4 Å². The molecule has 1 N–H and O–H groups in total. The molecule has 5 nitrogen and oxygen atoms in total. The van der Waals surface area contributed by atoms with Crippen molar-refractivity contribution in [3.63, 3.8) is 0 Å². The highest BCUT2D eigenvalue weighted by Crippen LogP contribution is 2.27. The maximum atomic E-state index is 11.9. The van der Waals surface area contributed by atoms with Crippen molar-refractivity contribution in [3.05, 3.63) is 60.2 Å². The van der Waals surface area contributed by atoms with Gasteiger partial charge in [0.25, 0.3) is 0 Å². The molecule has 2 aromatic carbocycles. The molecule has 0 amide bonds. The molecule has 0 saturated carbocycles. The van der Waals surface area contributed by atoms with E-state index in [9.17, 15) is 19.8 Å². The lowest BCUT2D eigenvalue weighted by Crippen LogP contribution is -2.22. The van der Waals surface area contributed by atoms with Gasteiger partial charge in [-0.05, 0) is 80.6 Å². The fourth-order valence-electron chi connectivity index (χ4n) is 1.68. The summed E-state index contributed by atoms with van der Waals surface area (Å²) in [6.07, 6.45) is 0. The molecule has 22 heavy (non-hydrogen) atoms. The van der Waals surface area contributed by atoms with Gasteiger partial charge in [0.15, 0.2) is 0 Å². The van der Waals surface area contributed by atoms with Gasteiger partial charge in [0.1, 0.15) is 12.4 Å². The molecule has 2 rings (SSSR count). The number of aromatic hydroxyl groups is 1. The van der Waals surface area contributed by atoms with Crippen molar-refractivity contribution in [2.24, 2.45) is 0 Å². The van der Waals surface area contributed by atoms with Crippen LogP contribution in [0.2, 0.25) is 0 Å². The van der Waals surface area contributed by atoms with Gasteiger partial charge in [0.05, 0.1) is 18.7 Å². The lowest BCUT2D eigenvalue weighted by molar-refractivity contribution is -0.255. The Bertz CT molecular complexity index is 702. The van der Waals surface area contributed by atoms with Crippen LogP contribution in [0, 0.1) is 7.14 Å². The van der Waals surface area contributed by atoms with Crippen LogP contribution in [0.3, 0.4) is 0 Å². The number of phenolic OH excluding ortho intramolecular Hbond substituents is 1. The van der Waals surface area contributed by atoms with E-state index in [2.05, 4.69) is 0 Å². The number of carbonyl (C=O) groups is 2. The van der Waals surface area contributed by atoms with Crippen molar-refractivity contribution in [2.75, 3.05) is 0 Å². The number of benzene rings is 2. The van der Waals surface area contributed by atoms with Crippen molar-refractivity contribution in [1.29, 1.82) is 0 Å². The maximum absolute atomic E-state index is 11.9. The summed E-state index contributed by atoms with van der Waals surface area (Å²) in [6.45, 7) is 0.0629. The van der Waals surface area contributed by atoms with Crippen LogP contribution in [-0.2, 0) is 11.3 Å². The Hall–Kier alpha value is -1.36. The Morgan fingerprint density at radius 2 is 1.55 bits per heavy atom. The number of carboxylic acids is 1. The van der Waals surface area contributed by atoms with Crippen molar-refractivity contribution >= 4 is 57.1 Å². The van der Waals surface area contributed by atoms with Gasteiger partial charge in [0.2, 0.25) is 0 Å². The third kappa shape index (κ3) is 4.09. The lowest BCUT2D eigenvalue weighted by atomic mass is 10.1. The predicted octanol–water partition coefficient (Wildman–Crippen LogP) is 2.32. The zero-order valence-corrected chi connectivity index (χ0v) is 15.3. The molecule has 2 aromatic rings. The van der Waals surface area contributed by atoms with Crippen molar-refractivity contribution in [2.45, 2.75) is 6.61 Å². The van der Waals surface area contributed by atoms with Crippen molar-refractivity contribution in [3.8, 4) is 5.75 Å². The number of carbonyl (C=O) groups excluding carboxylic acids is 2. The second-order valence-corrected chi connectivity index (χ2v) is 6.67. The molecular formula is C15H9I2O5-. The number of carboxylic acid groups (broad SMARTS) is 1. The van der Waals surface area contributed by atoms with Crippen LogP contribution in [0.5, 0.6) is 5.75 Å². The smallest absolute Gasteiger partial charge is 0.338 e. The minimum atomic E-state index is -1.30. The van der Waals surface area contributed by atoms with Gasteiger partial charge < -0.3 is 19.7 Å². The number of rotatable bonds is 4. The van der Waals surface area contributed by atoms with Crippen LogP contribution in [0.25, 0.3) is 0 Å². The summed E-state index contributed by atoms with van der Waals surface area (Å²) in [7, 11) is 0. The van der Waals surface area contributed by atoms with Crippen LogP contribution in [0.1, 0.15) is 26.3 Å². The quantitative estimate of drug-likeness (QED) is 0.492. The van der Waals surface area contributed by atoms with Gasteiger partial charge >= 0.3 is 5.97 Å². The molecule has 0 radical (unpaired) electrons. The lowest BCUT2D eigenvalue weighted by Gasteiger charge is -2.08. The summed E-state index contributed by atoms with van der Waals surface area (Å²) in [5, 5.41) is 20.3. The highest BCUT2D eigenvalue weighted by Gasteiger charge is 2.10. The van der Waals surface area contributed by atoms with E-state index in [1.165, 1.54) is 24.3 Å². The third-order valence-electron chi connectivity index (χ3n) is 2.80. The number of esters is 1. The molecule has 7 heteroatoms. The average Bonchev–Trinajstić information content (AvgIpc) is 2.50. The zero-order valence-electron chi connectivity index (χ0n) is 11.0. The first-order valence-corrected chi connectivity index (χ1v) is 8.19. The molecule has 0 unspecified atom stereocenters. The van der Waals surface area contributed by atoms with E-state index in [1.54, 1.807) is 12.1 Å². The molecule has 0 aliphatic heterocycles.